The molecule has 0 aromatic carbocycles. The first-order chi connectivity index (χ1) is 7.16. The van der Waals surface area contributed by atoms with E-state index in [2.05, 4.69) is 25.7 Å². The van der Waals surface area contributed by atoms with E-state index in [1.807, 2.05) is 0 Å². The van der Waals surface area contributed by atoms with Crippen LogP contribution in [-0.2, 0) is 0 Å². The van der Waals surface area contributed by atoms with Crippen molar-refractivity contribution in [2.45, 2.75) is 58.4 Å². The summed E-state index contributed by atoms with van der Waals surface area (Å²) >= 11 is 0. The number of rotatable bonds is 8. The van der Waals surface area contributed by atoms with Gasteiger partial charge in [-0.1, -0.05) is 20.3 Å². The van der Waals surface area contributed by atoms with Gasteiger partial charge in [0.05, 0.1) is 0 Å². The molecule has 2 N–H and O–H groups in total. The first-order valence-corrected chi connectivity index (χ1v) is 6.61. The third kappa shape index (κ3) is 3.76. The van der Waals surface area contributed by atoms with Crippen molar-refractivity contribution in [1.82, 2.24) is 4.90 Å². The van der Waals surface area contributed by atoms with Crippen molar-refractivity contribution < 1.29 is 0 Å². The van der Waals surface area contributed by atoms with Crippen molar-refractivity contribution in [3.63, 3.8) is 0 Å². The van der Waals surface area contributed by atoms with Crippen LogP contribution < -0.4 is 5.73 Å². The minimum atomic E-state index is 0.243. The van der Waals surface area contributed by atoms with E-state index in [-0.39, 0.29) is 5.54 Å². The molecule has 0 aromatic rings. The molecule has 1 atom stereocenters. The second-order valence-electron chi connectivity index (χ2n) is 5.34. The van der Waals surface area contributed by atoms with Gasteiger partial charge in [0.2, 0.25) is 0 Å². The molecule has 1 aliphatic carbocycles. The number of nitrogens with two attached hydrogens (primary N) is 1. The van der Waals surface area contributed by atoms with Gasteiger partial charge in [-0.05, 0) is 45.1 Å². The summed E-state index contributed by atoms with van der Waals surface area (Å²) in [6.07, 6.45) is 6.58. The highest BCUT2D eigenvalue weighted by Crippen LogP contribution is 2.33. The molecule has 90 valence electrons. The predicted molar refractivity (Wildman–Crippen MR) is 67.0 cm³/mol. The molecule has 0 aromatic heterocycles. The molecule has 1 aliphatic rings. The third-order valence-corrected chi connectivity index (χ3v) is 3.66. The lowest BCUT2D eigenvalue weighted by molar-refractivity contribution is 0.0945. The van der Waals surface area contributed by atoms with Gasteiger partial charge in [0.15, 0.2) is 0 Å². The molecule has 1 saturated carbocycles. The summed E-state index contributed by atoms with van der Waals surface area (Å²) < 4.78 is 0. The van der Waals surface area contributed by atoms with Crippen molar-refractivity contribution in [3.05, 3.63) is 0 Å². The molecule has 0 bridgehead atoms. The van der Waals surface area contributed by atoms with Crippen LogP contribution >= 0.6 is 0 Å². The molecular weight excluding hydrogens is 184 g/mol. The van der Waals surface area contributed by atoms with Crippen molar-refractivity contribution in [1.29, 1.82) is 0 Å². The first-order valence-electron chi connectivity index (χ1n) is 6.61. The van der Waals surface area contributed by atoms with E-state index in [9.17, 15) is 0 Å². The van der Waals surface area contributed by atoms with Crippen LogP contribution in [0, 0.1) is 5.92 Å². The normalized spacial score (nSPS) is 20.6. The number of hydrogen-bond acceptors (Lipinski definition) is 2. The van der Waals surface area contributed by atoms with E-state index < -0.39 is 0 Å². The molecule has 0 amide bonds. The summed E-state index contributed by atoms with van der Waals surface area (Å²) in [6, 6.07) is 0. The molecule has 1 rings (SSSR count). The highest BCUT2D eigenvalue weighted by atomic mass is 15.2. The van der Waals surface area contributed by atoms with Crippen LogP contribution in [0.3, 0.4) is 0 Å². The van der Waals surface area contributed by atoms with Gasteiger partial charge in [-0.15, -0.1) is 0 Å². The Bertz CT molecular complexity index is 177. The van der Waals surface area contributed by atoms with Gasteiger partial charge in [0.25, 0.3) is 0 Å². The van der Waals surface area contributed by atoms with Gasteiger partial charge in [-0.25, -0.2) is 0 Å². The van der Waals surface area contributed by atoms with E-state index in [4.69, 9.17) is 5.73 Å². The van der Waals surface area contributed by atoms with Gasteiger partial charge in [0, 0.05) is 18.6 Å². The zero-order valence-electron chi connectivity index (χ0n) is 10.8. The molecule has 2 nitrogen and oxygen atoms in total. The number of nitrogens with zero attached hydrogens (tertiary/aromatic N) is 1. The fourth-order valence-corrected chi connectivity index (χ4v) is 2.39. The van der Waals surface area contributed by atoms with Crippen LogP contribution in [0.1, 0.15) is 52.9 Å². The number of hydrogen-bond donors (Lipinski definition) is 1. The maximum atomic E-state index is 5.98. The average Bonchev–Trinajstić information content (AvgIpc) is 3.01. The highest BCUT2D eigenvalue weighted by Gasteiger charge is 2.33. The largest absolute Gasteiger partial charge is 0.329 e. The van der Waals surface area contributed by atoms with E-state index in [0.717, 1.165) is 12.5 Å². The molecule has 0 aliphatic heterocycles. The molecular formula is C13H28N2. The standard InChI is InChI=1S/C13H28N2/c1-4-8-13(3,11-14)15(9-5-2)10-12-6-7-12/h12H,4-11,14H2,1-3H3. The Morgan fingerprint density at radius 1 is 1.27 bits per heavy atom. The first kappa shape index (κ1) is 13.0. The van der Waals surface area contributed by atoms with E-state index >= 15 is 0 Å². The second-order valence-corrected chi connectivity index (χ2v) is 5.34. The van der Waals surface area contributed by atoms with Gasteiger partial charge in [-0.3, -0.25) is 4.90 Å². The van der Waals surface area contributed by atoms with Crippen molar-refractivity contribution in [2.24, 2.45) is 11.7 Å². The Balaban J connectivity index is 2.55. The maximum absolute atomic E-state index is 5.98. The molecule has 0 heterocycles. The molecule has 0 radical (unpaired) electrons. The van der Waals surface area contributed by atoms with Crippen LogP contribution in [0.5, 0.6) is 0 Å². The molecule has 2 heteroatoms. The molecule has 1 unspecified atom stereocenters. The third-order valence-electron chi connectivity index (χ3n) is 3.66. The summed E-state index contributed by atoms with van der Waals surface area (Å²) in [5.74, 6) is 0.972. The fourth-order valence-electron chi connectivity index (χ4n) is 2.39. The summed E-state index contributed by atoms with van der Waals surface area (Å²) in [7, 11) is 0. The topological polar surface area (TPSA) is 29.3 Å². The van der Waals surface area contributed by atoms with Crippen molar-refractivity contribution in [3.8, 4) is 0 Å². The van der Waals surface area contributed by atoms with Crippen molar-refractivity contribution >= 4 is 0 Å². The Labute approximate surface area is 95.2 Å². The summed E-state index contributed by atoms with van der Waals surface area (Å²) in [6.45, 7) is 10.2. The molecule has 0 saturated heterocycles. The molecule has 0 spiro atoms. The van der Waals surface area contributed by atoms with Crippen molar-refractivity contribution in [2.75, 3.05) is 19.6 Å². The quantitative estimate of drug-likeness (QED) is 0.670. The van der Waals surface area contributed by atoms with E-state index in [1.54, 1.807) is 0 Å². The average molecular weight is 212 g/mol. The lowest BCUT2D eigenvalue weighted by atomic mass is 9.93. The highest BCUT2D eigenvalue weighted by molar-refractivity contribution is 4.90. The van der Waals surface area contributed by atoms with Crippen LogP contribution in [-0.4, -0.2) is 30.1 Å². The SMILES string of the molecule is CCCN(CC1CC1)C(C)(CN)CCC. The predicted octanol–water partition coefficient (Wildman–Crippen LogP) is 2.63. The minimum absolute atomic E-state index is 0.243. The molecule has 15 heavy (non-hydrogen) atoms. The fraction of sp³-hybridized carbons (Fsp3) is 1.00. The zero-order chi connectivity index (χ0) is 11.3. The Morgan fingerprint density at radius 2 is 1.93 bits per heavy atom. The summed E-state index contributed by atoms with van der Waals surface area (Å²) in [5, 5.41) is 0. The Hall–Kier alpha value is -0.0800. The lowest BCUT2D eigenvalue weighted by Gasteiger charge is -2.41. The van der Waals surface area contributed by atoms with Crippen LogP contribution in [0.15, 0.2) is 0 Å². The van der Waals surface area contributed by atoms with E-state index in [1.165, 1.54) is 45.2 Å². The summed E-state index contributed by atoms with van der Waals surface area (Å²) in [5.41, 5.74) is 6.22. The Morgan fingerprint density at radius 3 is 2.33 bits per heavy atom. The second kappa shape index (κ2) is 5.86. The van der Waals surface area contributed by atoms with Crippen LogP contribution in [0.4, 0.5) is 0 Å². The zero-order valence-corrected chi connectivity index (χ0v) is 10.8. The monoisotopic (exact) mass is 212 g/mol. The van der Waals surface area contributed by atoms with Gasteiger partial charge in [0.1, 0.15) is 0 Å². The van der Waals surface area contributed by atoms with Crippen LogP contribution in [0.2, 0.25) is 0 Å². The minimum Gasteiger partial charge on any atom is -0.329 e. The lowest BCUT2D eigenvalue weighted by Crippen LogP contribution is -2.52. The van der Waals surface area contributed by atoms with Gasteiger partial charge < -0.3 is 5.73 Å². The van der Waals surface area contributed by atoms with Crippen LogP contribution in [0.25, 0.3) is 0 Å². The van der Waals surface area contributed by atoms with Gasteiger partial charge in [-0.2, -0.15) is 0 Å². The van der Waals surface area contributed by atoms with Gasteiger partial charge >= 0.3 is 0 Å². The molecule has 1 fully saturated rings. The summed E-state index contributed by atoms with van der Waals surface area (Å²) in [4.78, 5) is 2.65. The Kier molecular flexibility index (Phi) is 5.07. The maximum Gasteiger partial charge on any atom is 0.0303 e. The van der Waals surface area contributed by atoms with E-state index in [0.29, 0.717) is 0 Å². The smallest absolute Gasteiger partial charge is 0.0303 e.